The van der Waals surface area contributed by atoms with Crippen molar-refractivity contribution in [2.75, 3.05) is 5.32 Å². The summed E-state index contributed by atoms with van der Waals surface area (Å²) >= 11 is 1.42. The fourth-order valence-corrected chi connectivity index (χ4v) is 2.75. The van der Waals surface area contributed by atoms with Crippen molar-refractivity contribution in [1.29, 1.82) is 0 Å². The molecule has 18 heavy (non-hydrogen) atoms. The second kappa shape index (κ2) is 4.53. The minimum absolute atomic E-state index is 0.206. The van der Waals surface area contributed by atoms with E-state index in [1.54, 1.807) is 6.07 Å². The van der Waals surface area contributed by atoms with Gasteiger partial charge in [0.05, 0.1) is 10.2 Å². The zero-order valence-corrected chi connectivity index (χ0v) is 11.0. The highest BCUT2D eigenvalue weighted by molar-refractivity contribution is 7.22. The number of benzene rings is 1. The summed E-state index contributed by atoms with van der Waals surface area (Å²) in [7, 11) is 0. The van der Waals surface area contributed by atoms with Crippen LogP contribution in [-0.2, 0) is 4.79 Å². The van der Waals surface area contributed by atoms with Crippen LogP contribution < -0.4 is 11.1 Å². The number of nitrogens with one attached hydrogen (secondary N) is 1. The molecule has 0 aliphatic carbocycles. The highest BCUT2D eigenvalue weighted by atomic mass is 32.1. The molecule has 0 aliphatic rings. The Bertz CT molecular complexity index is 594. The van der Waals surface area contributed by atoms with Gasteiger partial charge in [0.1, 0.15) is 5.82 Å². The fraction of sp³-hybridized carbons (Fsp3) is 0.333. The van der Waals surface area contributed by atoms with Gasteiger partial charge >= 0.3 is 0 Å². The van der Waals surface area contributed by atoms with Gasteiger partial charge in [-0.15, -0.1) is 0 Å². The molecule has 1 aromatic carbocycles. The molecule has 1 aromatic heterocycles. The normalized spacial score (nSPS) is 11.7. The van der Waals surface area contributed by atoms with Gasteiger partial charge in [0.15, 0.2) is 5.13 Å². The molecule has 2 rings (SSSR count). The average molecular weight is 267 g/mol. The van der Waals surface area contributed by atoms with Crippen molar-refractivity contribution in [3.8, 4) is 0 Å². The number of carbonyl (C=O) groups excluding carboxylic acids is 1. The molecule has 6 heteroatoms. The van der Waals surface area contributed by atoms with Gasteiger partial charge in [0.2, 0.25) is 5.91 Å². The third-order valence-corrected chi connectivity index (χ3v) is 3.36. The first kappa shape index (κ1) is 12.8. The van der Waals surface area contributed by atoms with E-state index in [9.17, 15) is 9.18 Å². The molecule has 0 bridgehead atoms. The first-order chi connectivity index (χ1) is 8.35. The molecule has 0 saturated carbocycles. The van der Waals surface area contributed by atoms with Gasteiger partial charge in [-0.25, -0.2) is 9.37 Å². The Kier molecular flexibility index (Phi) is 3.21. The number of hydrogen-bond donors (Lipinski definition) is 2. The Hall–Kier alpha value is -1.69. The van der Waals surface area contributed by atoms with Crippen LogP contribution in [0.5, 0.6) is 0 Å². The first-order valence-corrected chi connectivity index (χ1v) is 6.30. The summed E-state index contributed by atoms with van der Waals surface area (Å²) in [6.07, 6.45) is 0.206. The number of carbonyl (C=O) groups is 1. The Morgan fingerprint density at radius 1 is 1.56 bits per heavy atom. The minimum Gasteiger partial charge on any atom is -0.370 e. The highest BCUT2D eigenvalue weighted by Crippen LogP contribution is 2.29. The molecule has 3 N–H and O–H groups in total. The third kappa shape index (κ3) is 2.95. The van der Waals surface area contributed by atoms with Crippen LogP contribution in [0.25, 0.3) is 10.2 Å². The summed E-state index contributed by atoms with van der Waals surface area (Å²) < 4.78 is 13.9. The lowest BCUT2D eigenvalue weighted by molar-refractivity contribution is -0.118. The number of halogens is 1. The summed E-state index contributed by atoms with van der Waals surface area (Å²) in [5, 5.41) is 3.80. The van der Waals surface area contributed by atoms with E-state index >= 15 is 0 Å². The summed E-state index contributed by atoms with van der Waals surface area (Å²) in [6, 6.07) is 4.48. The third-order valence-electron chi connectivity index (χ3n) is 2.41. The molecular weight excluding hydrogens is 253 g/mol. The van der Waals surface area contributed by atoms with Gasteiger partial charge in [0, 0.05) is 18.0 Å². The lowest BCUT2D eigenvalue weighted by atomic mass is 10.0. The zero-order valence-electron chi connectivity index (χ0n) is 10.2. The van der Waals surface area contributed by atoms with E-state index in [-0.39, 0.29) is 18.1 Å². The average Bonchev–Trinajstić information content (AvgIpc) is 2.55. The number of nitrogens with two attached hydrogens (primary N) is 1. The number of amides is 1. The monoisotopic (exact) mass is 267 g/mol. The van der Waals surface area contributed by atoms with Crippen molar-refractivity contribution >= 4 is 32.6 Å². The van der Waals surface area contributed by atoms with E-state index in [0.717, 1.165) is 4.70 Å². The van der Waals surface area contributed by atoms with Gasteiger partial charge < -0.3 is 11.1 Å². The number of thiazole rings is 1. The Morgan fingerprint density at radius 2 is 2.28 bits per heavy atom. The predicted molar refractivity (Wildman–Crippen MR) is 71.1 cm³/mol. The summed E-state index contributed by atoms with van der Waals surface area (Å²) in [5.41, 5.74) is 5.32. The molecule has 1 heterocycles. The molecule has 96 valence electrons. The minimum atomic E-state index is -0.474. The van der Waals surface area contributed by atoms with Gasteiger partial charge in [0.25, 0.3) is 0 Å². The molecule has 0 unspecified atom stereocenters. The maximum atomic E-state index is 13.0. The van der Waals surface area contributed by atoms with E-state index in [2.05, 4.69) is 10.3 Å². The Labute approximate surface area is 108 Å². The summed E-state index contributed by atoms with van der Waals surface area (Å²) in [5.74, 6) is -0.685. The molecule has 0 atom stereocenters. The van der Waals surface area contributed by atoms with Crippen molar-refractivity contribution < 1.29 is 9.18 Å². The molecule has 1 amide bonds. The Balaban J connectivity index is 2.24. The number of rotatable bonds is 4. The van der Waals surface area contributed by atoms with Crippen LogP contribution in [0.4, 0.5) is 9.52 Å². The smallest absolute Gasteiger partial charge is 0.219 e. The number of fused-ring (bicyclic) bond motifs is 1. The number of aromatic nitrogens is 1. The predicted octanol–water partition coefficient (Wildman–Crippen LogP) is 2.50. The number of hydrogen-bond acceptors (Lipinski definition) is 4. The lowest BCUT2D eigenvalue weighted by Crippen LogP contribution is -2.35. The van der Waals surface area contributed by atoms with Crippen molar-refractivity contribution in [1.82, 2.24) is 4.98 Å². The maximum absolute atomic E-state index is 13.0. The van der Waals surface area contributed by atoms with Crippen molar-refractivity contribution in [2.45, 2.75) is 25.8 Å². The largest absolute Gasteiger partial charge is 0.370 e. The topological polar surface area (TPSA) is 68.0 Å². The molecule has 0 saturated heterocycles. The molecule has 0 aliphatic heterocycles. The van der Waals surface area contributed by atoms with E-state index < -0.39 is 5.54 Å². The van der Waals surface area contributed by atoms with E-state index in [1.807, 2.05) is 13.8 Å². The molecule has 0 radical (unpaired) electrons. The van der Waals surface area contributed by atoms with Gasteiger partial charge in [-0.1, -0.05) is 11.3 Å². The molecule has 4 nitrogen and oxygen atoms in total. The summed E-state index contributed by atoms with van der Waals surface area (Å²) in [4.78, 5) is 15.2. The standard InChI is InChI=1S/C12H14FN3OS/c1-12(2,6-10(14)17)16-11-15-8-5-7(13)3-4-9(8)18-11/h3-5H,6H2,1-2H3,(H2,14,17)(H,15,16). The number of anilines is 1. The number of nitrogens with zero attached hydrogens (tertiary/aromatic N) is 1. The second-order valence-corrected chi connectivity index (χ2v) is 5.81. The number of primary amides is 1. The van der Waals surface area contributed by atoms with Crippen LogP contribution in [0, 0.1) is 5.82 Å². The molecule has 0 spiro atoms. The molecule has 2 aromatic rings. The van der Waals surface area contributed by atoms with Crippen LogP contribution in [-0.4, -0.2) is 16.4 Å². The molecule has 0 fully saturated rings. The van der Waals surface area contributed by atoms with Crippen LogP contribution in [0.15, 0.2) is 18.2 Å². The van der Waals surface area contributed by atoms with Crippen molar-refractivity contribution in [2.24, 2.45) is 5.73 Å². The highest BCUT2D eigenvalue weighted by Gasteiger charge is 2.21. The quantitative estimate of drug-likeness (QED) is 0.894. The van der Waals surface area contributed by atoms with E-state index in [1.165, 1.54) is 23.5 Å². The van der Waals surface area contributed by atoms with E-state index in [4.69, 9.17) is 5.73 Å². The summed E-state index contributed by atoms with van der Waals surface area (Å²) in [6.45, 7) is 3.73. The van der Waals surface area contributed by atoms with Crippen molar-refractivity contribution in [3.05, 3.63) is 24.0 Å². The van der Waals surface area contributed by atoms with Crippen molar-refractivity contribution in [3.63, 3.8) is 0 Å². The van der Waals surface area contributed by atoms with Gasteiger partial charge in [-0.05, 0) is 26.0 Å². The van der Waals surface area contributed by atoms with Gasteiger partial charge in [-0.3, -0.25) is 4.79 Å². The maximum Gasteiger partial charge on any atom is 0.219 e. The van der Waals surface area contributed by atoms with Gasteiger partial charge in [-0.2, -0.15) is 0 Å². The lowest BCUT2D eigenvalue weighted by Gasteiger charge is -2.24. The van der Waals surface area contributed by atoms with Crippen LogP contribution in [0.3, 0.4) is 0 Å². The second-order valence-electron chi connectivity index (χ2n) is 4.78. The van der Waals surface area contributed by atoms with Crippen LogP contribution in [0.2, 0.25) is 0 Å². The van der Waals surface area contributed by atoms with E-state index in [0.29, 0.717) is 10.6 Å². The molecular formula is C12H14FN3OS. The zero-order chi connectivity index (χ0) is 13.3. The first-order valence-electron chi connectivity index (χ1n) is 5.48. The SMILES string of the molecule is CC(C)(CC(N)=O)Nc1nc2cc(F)ccc2s1. The fourth-order valence-electron chi connectivity index (χ4n) is 1.72. The van der Waals surface area contributed by atoms with Crippen LogP contribution >= 0.6 is 11.3 Å². The van der Waals surface area contributed by atoms with Crippen LogP contribution in [0.1, 0.15) is 20.3 Å². The Morgan fingerprint density at radius 3 is 2.94 bits per heavy atom.